The first kappa shape index (κ1) is 13.2. The molecule has 0 amide bonds. The zero-order valence-electron chi connectivity index (χ0n) is 10.1. The molecule has 1 aromatic heterocycles. The van der Waals surface area contributed by atoms with Crippen LogP contribution in [0.3, 0.4) is 0 Å². The van der Waals surface area contributed by atoms with Gasteiger partial charge in [-0.2, -0.15) is 5.26 Å². The average Bonchev–Trinajstić information content (AvgIpc) is 2.93. The lowest BCUT2D eigenvalue weighted by molar-refractivity contribution is 0.0979. The van der Waals surface area contributed by atoms with Crippen LogP contribution in [0, 0.1) is 17.1 Å². The standard InChI is InChI=1S/C14H10FNO2S/c1-18-12-5-4-9(7-11(12)15)14(17)10(8-16)13-3-2-6-19-13/h2-7,10H,1H3. The molecule has 96 valence electrons. The van der Waals surface area contributed by atoms with Crippen LogP contribution in [-0.2, 0) is 0 Å². The Kier molecular flexibility index (Phi) is 3.93. The van der Waals surface area contributed by atoms with Gasteiger partial charge >= 0.3 is 0 Å². The summed E-state index contributed by atoms with van der Waals surface area (Å²) < 4.78 is 18.4. The van der Waals surface area contributed by atoms with Crippen LogP contribution < -0.4 is 4.74 Å². The van der Waals surface area contributed by atoms with Gasteiger partial charge in [-0.25, -0.2) is 4.39 Å². The first-order chi connectivity index (χ1) is 9.17. The molecule has 0 aliphatic rings. The van der Waals surface area contributed by atoms with Gasteiger partial charge in [0.2, 0.25) is 0 Å². The third-order valence-electron chi connectivity index (χ3n) is 2.66. The summed E-state index contributed by atoms with van der Waals surface area (Å²) >= 11 is 1.33. The van der Waals surface area contributed by atoms with Gasteiger partial charge in [-0.1, -0.05) is 6.07 Å². The van der Waals surface area contributed by atoms with E-state index in [0.29, 0.717) is 4.88 Å². The van der Waals surface area contributed by atoms with Crippen molar-refractivity contribution in [1.82, 2.24) is 0 Å². The molecule has 0 N–H and O–H groups in total. The van der Waals surface area contributed by atoms with Crippen molar-refractivity contribution >= 4 is 17.1 Å². The van der Waals surface area contributed by atoms with Crippen molar-refractivity contribution in [2.45, 2.75) is 5.92 Å². The van der Waals surface area contributed by atoms with Crippen LogP contribution in [0.1, 0.15) is 21.2 Å². The summed E-state index contributed by atoms with van der Waals surface area (Å²) in [6.45, 7) is 0. The third-order valence-corrected chi connectivity index (χ3v) is 3.59. The summed E-state index contributed by atoms with van der Waals surface area (Å²) in [5.41, 5.74) is 0.165. The maximum Gasteiger partial charge on any atom is 0.185 e. The molecular weight excluding hydrogens is 265 g/mol. The Bertz CT molecular complexity index is 631. The molecule has 0 spiro atoms. The van der Waals surface area contributed by atoms with E-state index in [2.05, 4.69) is 0 Å². The number of Topliss-reactive ketones (excluding diaryl/α,β-unsaturated/α-hetero) is 1. The summed E-state index contributed by atoms with van der Waals surface area (Å²) in [5.74, 6) is -1.85. The SMILES string of the molecule is COc1ccc(C(=O)C(C#N)c2cccs2)cc1F. The van der Waals surface area contributed by atoms with Crippen LogP contribution >= 0.6 is 11.3 Å². The van der Waals surface area contributed by atoms with Gasteiger partial charge in [0.1, 0.15) is 5.92 Å². The molecule has 2 aromatic rings. The zero-order chi connectivity index (χ0) is 13.8. The molecule has 0 bridgehead atoms. The topological polar surface area (TPSA) is 50.1 Å². The fourth-order valence-electron chi connectivity index (χ4n) is 1.69. The Morgan fingerprint density at radius 2 is 2.26 bits per heavy atom. The van der Waals surface area contributed by atoms with Gasteiger partial charge in [-0.05, 0) is 29.6 Å². The second-order valence-electron chi connectivity index (χ2n) is 3.79. The second kappa shape index (κ2) is 5.63. The second-order valence-corrected chi connectivity index (χ2v) is 4.77. The number of halogens is 1. The molecule has 1 atom stereocenters. The van der Waals surface area contributed by atoms with Crippen LogP contribution in [0.15, 0.2) is 35.7 Å². The van der Waals surface area contributed by atoms with E-state index in [1.807, 2.05) is 6.07 Å². The maximum absolute atomic E-state index is 13.6. The smallest absolute Gasteiger partial charge is 0.185 e. The van der Waals surface area contributed by atoms with Crippen molar-refractivity contribution in [3.63, 3.8) is 0 Å². The number of hydrogen-bond donors (Lipinski definition) is 0. The van der Waals surface area contributed by atoms with E-state index in [4.69, 9.17) is 10.00 Å². The summed E-state index contributed by atoms with van der Waals surface area (Å²) in [6.07, 6.45) is 0. The first-order valence-corrected chi connectivity index (χ1v) is 6.36. The van der Waals surface area contributed by atoms with Gasteiger partial charge in [-0.3, -0.25) is 4.79 Å². The average molecular weight is 275 g/mol. The van der Waals surface area contributed by atoms with Gasteiger partial charge in [0, 0.05) is 10.4 Å². The molecule has 1 aromatic carbocycles. The number of ketones is 1. The van der Waals surface area contributed by atoms with E-state index in [1.165, 1.54) is 30.6 Å². The number of carbonyl (C=O) groups excluding carboxylic acids is 1. The van der Waals surface area contributed by atoms with E-state index >= 15 is 0 Å². The molecule has 0 aliphatic carbocycles. The van der Waals surface area contributed by atoms with Gasteiger partial charge in [-0.15, -0.1) is 11.3 Å². The molecular formula is C14H10FNO2S. The van der Waals surface area contributed by atoms with Crippen molar-refractivity contribution in [3.05, 3.63) is 52.0 Å². The first-order valence-electron chi connectivity index (χ1n) is 5.48. The summed E-state index contributed by atoms with van der Waals surface area (Å²) in [5, 5.41) is 10.9. The molecule has 0 saturated heterocycles. The largest absolute Gasteiger partial charge is 0.494 e. The molecule has 2 rings (SSSR count). The Balaban J connectivity index is 2.34. The molecule has 5 heteroatoms. The Morgan fingerprint density at radius 1 is 1.47 bits per heavy atom. The van der Waals surface area contributed by atoms with Crippen molar-refractivity contribution in [2.75, 3.05) is 7.11 Å². The minimum atomic E-state index is -0.896. The van der Waals surface area contributed by atoms with Crippen LogP contribution in [0.25, 0.3) is 0 Å². The fourth-order valence-corrected chi connectivity index (χ4v) is 2.46. The Labute approximate surface area is 113 Å². The molecule has 1 heterocycles. The zero-order valence-corrected chi connectivity index (χ0v) is 10.9. The number of carbonyl (C=O) groups is 1. The van der Waals surface area contributed by atoms with Crippen molar-refractivity contribution in [3.8, 4) is 11.8 Å². The van der Waals surface area contributed by atoms with Crippen molar-refractivity contribution in [2.24, 2.45) is 0 Å². The maximum atomic E-state index is 13.6. The van der Waals surface area contributed by atoms with Crippen molar-refractivity contribution in [1.29, 1.82) is 5.26 Å². The van der Waals surface area contributed by atoms with Gasteiger partial charge < -0.3 is 4.74 Å². The Hall–Kier alpha value is -2.19. The fraction of sp³-hybridized carbons (Fsp3) is 0.143. The third kappa shape index (κ3) is 2.64. The predicted molar refractivity (Wildman–Crippen MR) is 70.0 cm³/mol. The highest BCUT2D eigenvalue weighted by Crippen LogP contribution is 2.26. The number of nitriles is 1. The lowest BCUT2D eigenvalue weighted by atomic mass is 9.97. The van der Waals surface area contributed by atoms with Gasteiger partial charge in [0.15, 0.2) is 17.3 Å². The highest BCUT2D eigenvalue weighted by Gasteiger charge is 2.23. The summed E-state index contributed by atoms with van der Waals surface area (Å²) in [7, 11) is 1.35. The molecule has 0 fully saturated rings. The number of ether oxygens (including phenoxy) is 1. The lowest BCUT2D eigenvalue weighted by Gasteiger charge is -2.07. The molecule has 0 aliphatic heterocycles. The summed E-state index contributed by atoms with van der Waals surface area (Å²) in [4.78, 5) is 12.9. The van der Waals surface area contributed by atoms with E-state index < -0.39 is 17.5 Å². The van der Waals surface area contributed by atoms with Crippen LogP contribution in [0.4, 0.5) is 4.39 Å². The number of hydrogen-bond acceptors (Lipinski definition) is 4. The number of thiophene rings is 1. The minimum Gasteiger partial charge on any atom is -0.494 e. The molecule has 1 unspecified atom stereocenters. The monoisotopic (exact) mass is 275 g/mol. The normalized spacial score (nSPS) is 11.6. The van der Waals surface area contributed by atoms with Gasteiger partial charge in [0.05, 0.1) is 13.2 Å². The van der Waals surface area contributed by atoms with E-state index in [9.17, 15) is 9.18 Å². The van der Waals surface area contributed by atoms with Crippen LogP contribution in [0.2, 0.25) is 0 Å². The number of rotatable bonds is 4. The molecule has 19 heavy (non-hydrogen) atoms. The highest BCUT2D eigenvalue weighted by molar-refractivity contribution is 7.10. The van der Waals surface area contributed by atoms with Crippen LogP contribution in [0.5, 0.6) is 5.75 Å². The molecule has 0 saturated carbocycles. The highest BCUT2D eigenvalue weighted by atomic mass is 32.1. The number of nitrogens with zero attached hydrogens (tertiary/aromatic N) is 1. The number of benzene rings is 1. The quantitative estimate of drug-likeness (QED) is 0.804. The van der Waals surface area contributed by atoms with Crippen LogP contribution in [-0.4, -0.2) is 12.9 Å². The van der Waals surface area contributed by atoms with E-state index in [1.54, 1.807) is 17.5 Å². The van der Waals surface area contributed by atoms with E-state index in [0.717, 1.165) is 6.07 Å². The molecule has 3 nitrogen and oxygen atoms in total. The van der Waals surface area contributed by atoms with E-state index in [-0.39, 0.29) is 11.3 Å². The van der Waals surface area contributed by atoms with Crippen molar-refractivity contribution < 1.29 is 13.9 Å². The predicted octanol–water partition coefficient (Wildman–Crippen LogP) is 3.39. The summed E-state index contributed by atoms with van der Waals surface area (Å²) in [6, 6.07) is 9.38. The lowest BCUT2D eigenvalue weighted by Crippen LogP contribution is -2.10. The Morgan fingerprint density at radius 3 is 2.79 bits per heavy atom. The molecule has 0 radical (unpaired) electrons. The minimum absolute atomic E-state index is 0.0705. The number of methoxy groups -OCH3 is 1. The van der Waals surface area contributed by atoms with Gasteiger partial charge in [0.25, 0.3) is 0 Å².